The van der Waals surface area contributed by atoms with Crippen LogP contribution in [-0.4, -0.2) is 17.1 Å². The first-order chi connectivity index (χ1) is 8.83. The van der Waals surface area contributed by atoms with Crippen LogP contribution in [0.25, 0.3) is 0 Å². The van der Waals surface area contributed by atoms with Crippen LogP contribution in [0.2, 0.25) is 0 Å². The Morgan fingerprint density at radius 2 is 1.89 bits per heavy atom. The molecule has 0 atom stereocenters. The van der Waals surface area contributed by atoms with Crippen LogP contribution < -0.4 is 9.47 Å². The summed E-state index contributed by atoms with van der Waals surface area (Å²) in [5, 5.41) is 8.83. The molecule has 0 aliphatic heterocycles. The molecule has 18 heavy (non-hydrogen) atoms. The lowest BCUT2D eigenvalue weighted by atomic mass is 10.2. The van der Waals surface area contributed by atoms with Crippen molar-refractivity contribution < 1.29 is 9.47 Å². The first-order valence-electron chi connectivity index (χ1n) is 5.30. The van der Waals surface area contributed by atoms with E-state index in [0.717, 1.165) is 11.3 Å². The molecule has 1 heterocycles. The van der Waals surface area contributed by atoms with Gasteiger partial charge >= 0.3 is 0 Å². The van der Waals surface area contributed by atoms with Gasteiger partial charge in [-0.05, 0) is 17.7 Å². The van der Waals surface area contributed by atoms with E-state index >= 15 is 0 Å². The molecule has 0 bridgehead atoms. The Kier molecular flexibility index (Phi) is 3.72. The lowest BCUT2D eigenvalue weighted by Gasteiger charge is -2.06. The first-order valence-corrected chi connectivity index (χ1v) is 5.30. The molecule has 0 saturated heterocycles. The van der Waals surface area contributed by atoms with Crippen LogP contribution in [0.5, 0.6) is 11.6 Å². The summed E-state index contributed by atoms with van der Waals surface area (Å²) in [6.45, 7) is 0.331. The third-order valence-corrected chi connectivity index (χ3v) is 2.31. The number of nitrogens with zero attached hydrogens (tertiary/aromatic N) is 3. The molecule has 0 saturated carbocycles. The van der Waals surface area contributed by atoms with Gasteiger partial charge in [-0.1, -0.05) is 12.1 Å². The van der Waals surface area contributed by atoms with Gasteiger partial charge in [-0.3, -0.25) is 0 Å². The molecular formula is C13H11N3O2. The van der Waals surface area contributed by atoms with Crippen molar-refractivity contribution in [2.24, 2.45) is 0 Å². The fourth-order valence-corrected chi connectivity index (χ4v) is 1.38. The summed E-state index contributed by atoms with van der Waals surface area (Å²) in [5.41, 5.74) is 1.15. The van der Waals surface area contributed by atoms with Crippen LogP contribution in [0.15, 0.2) is 36.7 Å². The Hall–Kier alpha value is -2.61. The number of nitriles is 1. The molecule has 1 aromatic heterocycles. The molecule has 0 spiro atoms. The molecule has 0 fully saturated rings. The van der Waals surface area contributed by atoms with Crippen LogP contribution in [0, 0.1) is 11.3 Å². The lowest BCUT2D eigenvalue weighted by molar-refractivity contribution is 0.291. The zero-order valence-electron chi connectivity index (χ0n) is 9.83. The Bertz CT molecular complexity index is 561. The highest BCUT2D eigenvalue weighted by atomic mass is 16.5. The van der Waals surface area contributed by atoms with Gasteiger partial charge in [0.15, 0.2) is 0 Å². The SMILES string of the molecule is COc1ccc(COc2nccnc2C#N)cc1. The van der Waals surface area contributed by atoms with Crippen LogP contribution in [0.4, 0.5) is 0 Å². The lowest BCUT2D eigenvalue weighted by Crippen LogP contribution is -2.00. The molecule has 0 amide bonds. The minimum atomic E-state index is 0.186. The fourth-order valence-electron chi connectivity index (χ4n) is 1.38. The van der Waals surface area contributed by atoms with Gasteiger partial charge in [0, 0.05) is 12.4 Å². The third-order valence-electron chi connectivity index (χ3n) is 2.31. The van der Waals surface area contributed by atoms with Gasteiger partial charge in [0.25, 0.3) is 5.88 Å². The van der Waals surface area contributed by atoms with Crippen LogP contribution in [0.3, 0.4) is 0 Å². The molecule has 0 aliphatic rings. The number of benzene rings is 1. The molecule has 2 rings (SSSR count). The zero-order chi connectivity index (χ0) is 12.8. The van der Waals surface area contributed by atoms with Gasteiger partial charge in [0.05, 0.1) is 7.11 Å². The maximum absolute atomic E-state index is 8.83. The van der Waals surface area contributed by atoms with E-state index in [1.807, 2.05) is 30.3 Å². The van der Waals surface area contributed by atoms with E-state index in [0.29, 0.717) is 6.61 Å². The number of aromatic nitrogens is 2. The van der Waals surface area contributed by atoms with Crippen LogP contribution in [-0.2, 0) is 6.61 Å². The Morgan fingerprint density at radius 3 is 2.56 bits per heavy atom. The average molecular weight is 241 g/mol. The van der Waals surface area contributed by atoms with Crippen molar-refractivity contribution in [2.45, 2.75) is 6.61 Å². The molecule has 5 heteroatoms. The van der Waals surface area contributed by atoms with Crippen molar-refractivity contribution in [1.82, 2.24) is 9.97 Å². The van der Waals surface area contributed by atoms with Gasteiger partial charge < -0.3 is 9.47 Å². The topological polar surface area (TPSA) is 68.0 Å². The largest absolute Gasteiger partial charge is 0.497 e. The van der Waals surface area contributed by atoms with Crippen molar-refractivity contribution in [1.29, 1.82) is 5.26 Å². The minimum Gasteiger partial charge on any atom is -0.497 e. The standard InChI is InChI=1S/C13H11N3O2/c1-17-11-4-2-10(3-5-11)9-18-13-12(8-14)15-6-7-16-13/h2-7H,9H2,1H3. The molecule has 90 valence electrons. The van der Waals surface area contributed by atoms with Crippen molar-refractivity contribution in [3.63, 3.8) is 0 Å². The van der Waals surface area contributed by atoms with Crippen molar-refractivity contribution in [3.05, 3.63) is 47.9 Å². The number of methoxy groups -OCH3 is 1. The van der Waals surface area contributed by atoms with E-state index in [9.17, 15) is 0 Å². The molecule has 0 N–H and O–H groups in total. The van der Waals surface area contributed by atoms with E-state index < -0.39 is 0 Å². The van der Waals surface area contributed by atoms with E-state index in [1.54, 1.807) is 7.11 Å². The monoisotopic (exact) mass is 241 g/mol. The predicted octanol–water partition coefficient (Wildman–Crippen LogP) is 1.94. The third kappa shape index (κ3) is 2.74. The average Bonchev–Trinajstić information content (AvgIpc) is 2.46. The van der Waals surface area contributed by atoms with Crippen molar-refractivity contribution >= 4 is 0 Å². The number of hydrogen-bond acceptors (Lipinski definition) is 5. The van der Waals surface area contributed by atoms with Gasteiger partial charge in [0.1, 0.15) is 18.4 Å². The number of hydrogen-bond donors (Lipinski definition) is 0. The molecule has 2 aromatic rings. The summed E-state index contributed by atoms with van der Waals surface area (Å²) in [6.07, 6.45) is 2.95. The van der Waals surface area contributed by atoms with E-state index in [4.69, 9.17) is 14.7 Å². The minimum absolute atomic E-state index is 0.186. The quantitative estimate of drug-likeness (QED) is 0.818. The highest BCUT2D eigenvalue weighted by molar-refractivity contribution is 5.31. The maximum atomic E-state index is 8.83. The molecule has 0 unspecified atom stereocenters. The highest BCUT2D eigenvalue weighted by Gasteiger charge is 2.05. The summed E-state index contributed by atoms with van der Waals surface area (Å²) < 4.78 is 10.5. The van der Waals surface area contributed by atoms with Crippen LogP contribution >= 0.6 is 0 Å². The number of rotatable bonds is 4. The second-order valence-electron chi connectivity index (χ2n) is 3.46. The molecule has 0 radical (unpaired) electrons. The predicted molar refractivity (Wildman–Crippen MR) is 64.1 cm³/mol. The second kappa shape index (κ2) is 5.64. The normalized spacial score (nSPS) is 9.56. The Morgan fingerprint density at radius 1 is 1.17 bits per heavy atom. The molecular weight excluding hydrogens is 230 g/mol. The first kappa shape index (κ1) is 11.9. The fraction of sp³-hybridized carbons (Fsp3) is 0.154. The number of ether oxygens (including phenoxy) is 2. The van der Waals surface area contributed by atoms with E-state index in [2.05, 4.69) is 9.97 Å². The molecule has 1 aromatic carbocycles. The van der Waals surface area contributed by atoms with Crippen molar-refractivity contribution in [3.8, 4) is 17.7 Å². The van der Waals surface area contributed by atoms with E-state index in [1.165, 1.54) is 12.4 Å². The molecule has 5 nitrogen and oxygen atoms in total. The van der Waals surface area contributed by atoms with Crippen molar-refractivity contribution in [2.75, 3.05) is 7.11 Å². The van der Waals surface area contributed by atoms with Gasteiger partial charge in [-0.25, -0.2) is 9.97 Å². The van der Waals surface area contributed by atoms with Crippen LogP contribution in [0.1, 0.15) is 11.3 Å². The Balaban J connectivity index is 2.05. The van der Waals surface area contributed by atoms with Gasteiger partial charge in [-0.15, -0.1) is 0 Å². The summed E-state index contributed by atoms with van der Waals surface area (Å²) in [7, 11) is 1.62. The van der Waals surface area contributed by atoms with E-state index in [-0.39, 0.29) is 11.6 Å². The van der Waals surface area contributed by atoms with Gasteiger partial charge in [-0.2, -0.15) is 5.26 Å². The second-order valence-corrected chi connectivity index (χ2v) is 3.46. The summed E-state index contributed by atoms with van der Waals surface area (Å²) >= 11 is 0. The summed E-state index contributed by atoms with van der Waals surface area (Å²) in [5.74, 6) is 1.03. The van der Waals surface area contributed by atoms with Gasteiger partial charge in [0.2, 0.25) is 5.69 Å². The molecule has 0 aliphatic carbocycles. The summed E-state index contributed by atoms with van der Waals surface area (Å²) in [6, 6.07) is 9.41. The highest BCUT2D eigenvalue weighted by Crippen LogP contribution is 2.15. The smallest absolute Gasteiger partial charge is 0.251 e. The Labute approximate surface area is 105 Å². The summed E-state index contributed by atoms with van der Waals surface area (Å²) in [4.78, 5) is 7.83. The maximum Gasteiger partial charge on any atom is 0.251 e. The zero-order valence-corrected chi connectivity index (χ0v) is 9.83.